The summed E-state index contributed by atoms with van der Waals surface area (Å²) in [5, 5.41) is 5.25. The average molecular weight is 505 g/mol. The van der Waals surface area contributed by atoms with Crippen molar-refractivity contribution in [3.05, 3.63) is 70.2 Å². The molecule has 1 amide bonds. The van der Waals surface area contributed by atoms with Crippen molar-refractivity contribution in [3.63, 3.8) is 0 Å². The van der Waals surface area contributed by atoms with Gasteiger partial charge in [0.2, 0.25) is 0 Å². The molecule has 8 nitrogen and oxygen atoms in total. The molecule has 0 spiro atoms. The summed E-state index contributed by atoms with van der Waals surface area (Å²) in [7, 11) is 0. The number of carbonyl (C=O) groups excluding carboxylic acids is 1. The number of pyridine rings is 1. The van der Waals surface area contributed by atoms with E-state index in [0.717, 1.165) is 12.3 Å². The second kappa shape index (κ2) is 8.63. The molecule has 2 aromatic heterocycles. The quantitative estimate of drug-likeness (QED) is 0.516. The number of aromatic amines is 1. The van der Waals surface area contributed by atoms with Gasteiger partial charge in [0.25, 0.3) is 11.5 Å². The van der Waals surface area contributed by atoms with E-state index in [1.54, 1.807) is 0 Å². The summed E-state index contributed by atoms with van der Waals surface area (Å²) in [5.41, 5.74) is -2.64. The van der Waals surface area contributed by atoms with Crippen LogP contribution in [0.1, 0.15) is 15.9 Å². The number of nitrogens with zero attached hydrogens (tertiary/aromatic N) is 3. The minimum absolute atomic E-state index is 0.0353. The third kappa shape index (κ3) is 5.22. The summed E-state index contributed by atoms with van der Waals surface area (Å²) >= 11 is 0. The number of amides is 1. The summed E-state index contributed by atoms with van der Waals surface area (Å²) in [6, 6.07) is 3.15. The third-order valence-corrected chi connectivity index (χ3v) is 4.96. The van der Waals surface area contributed by atoms with E-state index < -0.39 is 47.0 Å². The number of ether oxygens (including phenoxy) is 1. The SMILES string of the molecule is O=C(Nc1cnn(C(F)(F)F)c1)c1c(N2CC(Oc3cc(F)cc(C(F)(F)F)c3)C2)cc[nH]c1=O. The monoisotopic (exact) mass is 505 g/mol. The van der Waals surface area contributed by atoms with Gasteiger partial charge in [-0.3, -0.25) is 9.59 Å². The number of alkyl halides is 6. The molecule has 2 N–H and O–H groups in total. The zero-order chi connectivity index (χ0) is 25.5. The number of anilines is 2. The second-order valence-corrected chi connectivity index (χ2v) is 7.48. The molecule has 4 rings (SSSR count). The van der Waals surface area contributed by atoms with E-state index in [-0.39, 0.29) is 34.9 Å². The molecule has 186 valence electrons. The number of H-pyrrole nitrogens is 1. The van der Waals surface area contributed by atoms with Crippen LogP contribution in [-0.4, -0.2) is 39.9 Å². The van der Waals surface area contributed by atoms with Crippen LogP contribution in [0, 0.1) is 5.82 Å². The lowest BCUT2D eigenvalue weighted by molar-refractivity contribution is -0.212. The summed E-state index contributed by atoms with van der Waals surface area (Å²) < 4.78 is 95.3. The van der Waals surface area contributed by atoms with Gasteiger partial charge in [-0.1, -0.05) is 0 Å². The molecular formula is C20H14F7N5O3. The zero-order valence-electron chi connectivity index (χ0n) is 17.2. The van der Waals surface area contributed by atoms with Crippen molar-refractivity contribution in [3.8, 4) is 5.75 Å². The lowest BCUT2D eigenvalue weighted by Gasteiger charge is -2.41. The molecule has 1 fully saturated rings. The van der Waals surface area contributed by atoms with Crippen molar-refractivity contribution in [1.29, 1.82) is 0 Å². The molecule has 1 aliphatic heterocycles. The van der Waals surface area contributed by atoms with E-state index in [0.29, 0.717) is 18.3 Å². The van der Waals surface area contributed by atoms with Crippen molar-refractivity contribution >= 4 is 17.3 Å². The lowest BCUT2D eigenvalue weighted by atomic mass is 10.1. The largest absolute Gasteiger partial charge is 0.504 e. The first-order valence-electron chi connectivity index (χ1n) is 9.75. The Hall–Kier alpha value is -4.04. The molecule has 1 saturated heterocycles. The molecule has 0 aliphatic carbocycles. The minimum atomic E-state index is -4.80. The standard InChI is InChI=1S/C20H14F7N5O3/c21-11-3-10(19(22,23)24)4-13(5-11)35-14-8-31(9-14)15-1-2-28-17(33)16(15)18(34)30-12-6-29-32(7-12)20(25,26)27/h1-7,14H,8-9H2,(H,28,33)(H,30,34). The maximum Gasteiger partial charge on any atom is 0.504 e. The Kier molecular flexibility index (Phi) is 5.94. The van der Waals surface area contributed by atoms with E-state index in [4.69, 9.17) is 4.74 Å². The molecule has 3 heterocycles. The van der Waals surface area contributed by atoms with Crippen molar-refractivity contribution in [2.75, 3.05) is 23.3 Å². The number of rotatable bonds is 5. The van der Waals surface area contributed by atoms with Crippen molar-refractivity contribution in [2.45, 2.75) is 18.6 Å². The van der Waals surface area contributed by atoms with Crippen LogP contribution in [0.2, 0.25) is 0 Å². The smallest absolute Gasteiger partial charge is 0.487 e. The zero-order valence-corrected chi connectivity index (χ0v) is 17.2. The average Bonchev–Trinajstić information content (AvgIpc) is 3.18. The van der Waals surface area contributed by atoms with Gasteiger partial charge in [-0.15, -0.1) is 13.2 Å². The van der Waals surface area contributed by atoms with Crippen LogP contribution in [0.15, 0.2) is 47.7 Å². The molecule has 15 heteroatoms. The fourth-order valence-electron chi connectivity index (χ4n) is 3.37. The van der Waals surface area contributed by atoms with Crippen LogP contribution >= 0.6 is 0 Å². The Labute approximate surface area is 190 Å². The Morgan fingerprint density at radius 3 is 2.49 bits per heavy atom. The molecule has 1 aromatic carbocycles. The van der Waals surface area contributed by atoms with Crippen LogP contribution in [-0.2, 0) is 12.5 Å². The highest BCUT2D eigenvalue weighted by Gasteiger charge is 2.35. The van der Waals surface area contributed by atoms with Crippen molar-refractivity contribution in [2.24, 2.45) is 0 Å². The molecule has 3 aromatic rings. The normalized spacial score (nSPS) is 14.5. The Morgan fingerprint density at radius 1 is 1.14 bits per heavy atom. The van der Waals surface area contributed by atoms with Gasteiger partial charge in [0.1, 0.15) is 23.2 Å². The topological polar surface area (TPSA) is 92.2 Å². The van der Waals surface area contributed by atoms with Gasteiger partial charge in [0, 0.05) is 12.3 Å². The van der Waals surface area contributed by atoms with E-state index in [1.807, 2.05) is 0 Å². The number of aromatic nitrogens is 3. The van der Waals surface area contributed by atoms with Gasteiger partial charge in [0.05, 0.1) is 42.4 Å². The highest BCUT2D eigenvalue weighted by molar-refractivity contribution is 6.07. The Bertz CT molecular complexity index is 1310. The van der Waals surface area contributed by atoms with Crippen LogP contribution < -0.4 is 20.5 Å². The first-order valence-corrected chi connectivity index (χ1v) is 9.75. The molecule has 0 unspecified atom stereocenters. The predicted molar refractivity (Wildman–Crippen MR) is 107 cm³/mol. The molecule has 0 radical (unpaired) electrons. The fourth-order valence-corrected chi connectivity index (χ4v) is 3.37. The molecule has 0 saturated carbocycles. The number of benzene rings is 1. The van der Waals surface area contributed by atoms with E-state index >= 15 is 0 Å². The Morgan fingerprint density at radius 2 is 1.86 bits per heavy atom. The van der Waals surface area contributed by atoms with Crippen molar-refractivity contribution in [1.82, 2.24) is 14.8 Å². The molecule has 0 bridgehead atoms. The maximum atomic E-state index is 13.6. The second-order valence-electron chi connectivity index (χ2n) is 7.48. The summed E-state index contributed by atoms with van der Waals surface area (Å²) in [4.78, 5) is 28.7. The fraction of sp³-hybridized carbons (Fsp3) is 0.250. The molecular weight excluding hydrogens is 491 g/mol. The highest BCUT2D eigenvalue weighted by Crippen LogP contribution is 2.33. The first kappa shape index (κ1) is 24.1. The first-order chi connectivity index (χ1) is 16.3. The van der Waals surface area contributed by atoms with E-state index in [2.05, 4.69) is 15.4 Å². The van der Waals surface area contributed by atoms with Crippen LogP contribution in [0.25, 0.3) is 0 Å². The molecule has 35 heavy (non-hydrogen) atoms. The number of nitrogens with one attached hydrogen (secondary N) is 2. The number of halogens is 7. The predicted octanol–water partition coefficient (Wildman–Crippen LogP) is 3.73. The number of carbonyl (C=O) groups is 1. The third-order valence-electron chi connectivity index (χ3n) is 4.96. The van der Waals surface area contributed by atoms with Gasteiger partial charge < -0.3 is 19.9 Å². The number of hydrogen-bond donors (Lipinski definition) is 2. The van der Waals surface area contributed by atoms with Crippen LogP contribution in [0.3, 0.4) is 0 Å². The highest BCUT2D eigenvalue weighted by atomic mass is 19.4. The van der Waals surface area contributed by atoms with Crippen LogP contribution in [0.5, 0.6) is 5.75 Å². The number of hydrogen-bond acceptors (Lipinski definition) is 5. The summed E-state index contributed by atoms with van der Waals surface area (Å²) in [5.74, 6) is -2.48. The maximum absolute atomic E-state index is 13.6. The minimum Gasteiger partial charge on any atom is -0.487 e. The van der Waals surface area contributed by atoms with Crippen molar-refractivity contribution < 1.29 is 40.3 Å². The van der Waals surface area contributed by atoms with Gasteiger partial charge in [-0.2, -0.15) is 23.0 Å². The summed E-state index contributed by atoms with van der Waals surface area (Å²) in [6.07, 6.45) is -7.73. The Balaban J connectivity index is 1.47. The van der Waals surface area contributed by atoms with Crippen LogP contribution in [0.4, 0.5) is 42.1 Å². The lowest BCUT2D eigenvalue weighted by Crippen LogP contribution is -2.55. The van der Waals surface area contributed by atoms with E-state index in [1.165, 1.54) is 17.2 Å². The van der Waals surface area contributed by atoms with Gasteiger partial charge in [0.15, 0.2) is 0 Å². The molecule has 0 atom stereocenters. The van der Waals surface area contributed by atoms with Gasteiger partial charge in [-0.05, 0) is 18.2 Å². The van der Waals surface area contributed by atoms with Gasteiger partial charge >= 0.3 is 12.5 Å². The summed E-state index contributed by atoms with van der Waals surface area (Å²) in [6.45, 7) is 0.0706. The van der Waals surface area contributed by atoms with E-state index in [9.17, 15) is 40.3 Å². The van der Waals surface area contributed by atoms with Gasteiger partial charge in [-0.25, -0.2) is 4.39 Å². The molecule has 1 aliphatic rings.